The van der Waals surface area contributed by atoms with E-state index in [-0.39, 0.29) is 48.5 Å². The van der Waals surface area contributed by atoms with Crippen molar-refractivity contribution in [1.82, 2.24) is 15.5 Å². The van der Waals surface area contributed by atoms with E-state index in [1.807, 2.05) is 0 Å². The molecule has 2 heterocycles. The van der Waals surface area contributed by atoms with Gasteiger partial charge in [0.25, 0.3) is 5.91 Å². The number of likely N-dealkylation sites (tertiary alicyclic amines) is 1. The fraction of sp³-hybridized carbons (Fsp3) is 0.565. The first kappa shape index (κ1) is 23.7. The average molecular weight is 493 g/mol. The molecule has 8 nitrogen and oxygen atoms in total. The fourth-order valence-electron chi connectivity index (χ4n) is 5.27. The summed E-state index contributed by atoms with van der Waals surface area (Å²) in [5.74, 6) is -0.364. The number of rotatable bonds is 7. The van der Waals surface area contributed by atoms with Crippen LogP contribution in [0.25, 0.3) is 0 Å². The summed E-state index contributed by atoms with van der Waals surface area (Å²) in [6.45, 7) is 0.817. The number of hydrogen-bond donors (Lipinski definition) is 2. The minimum atomic E-state index is -0.784. The third-order valence-corrected chi connectivity index (χ3v) is 7.41. The topological polar surface area (TPSA) is 112 Å². The summed E-state index contributed by atoms with van der Waals surface area (Å²) < 4.78 is 5.61. The molecule has 1 aromatic rings. The summed E-state index contributed by atoms with van der Waals surface area (Å²) in [6.07, 6.45) is 3.75. The number of carbonyl (C=O) groups is 3. The molecule has 1 aromatic carbocycles. The van der Waals surface area contributed by atoms with Gasteiger partial charge in [0.15, 0.2) is 6.61 Å². The first-order valence-electron chi connectivity index (χ1n) is 11.2. The summed E-state index contributed by atoms with van der Waals surface area (Å²) in [4.78, 5) is 39.8. The van der Waals surface area contributed by atoms with Crippen LogP contribution in [-0.2, 0) is 14.4 Å². The van der Waals surface area contributed by atoms with E-state index in [0.717, 1.165) is 19.3 Å². The number of benzene rings is 1. The largest absolute Gasteiger partial charge is 0.482 e. The molecule has 176 valence electrons. The lowest BCUT2D eigenvalue weighted by atomic mass is 9.92. The number of fused-ring (bicyclic) bond motifs is 1. The van der Waals surface area contributed by atoms with Crippen molar-refractivity contribution in [3.05, 3.63) is 28.2 Å². The van der Waals surface area contributed by atoms with Crippen LogP contribution in [0.5, 0.6) is 5.75 Å². The lowest BCUT2D eigenvalue weighted by Crippen LogP contribution is -2.52. The molecule has 0 aromatic heterocycles. The molecule has 1 aliphatic carbocycles. The molecule has 2 aliphatic heterocycles. The molecule has 33 heavy (non-hydrogen) atoms. The van der Waals surface area contributed by atoms with Gasteiger partial charge in [0.2, 0.25) is 11.8 Å². The summed E-state index contributed by atoms with van der Waals surface area (Å²) in [5, 5.41) is 15.9. The van der Waals surface area contributed by atoms with E-state index in [1.54, 1.807) is 17.0 Å². The summed E-state index contributed by atoms with van der Waals surface area (Å²) in [6, 6.07) is 5.41. The highest BCUT2D eigenvalue weighted by molar-refractivity contribution is 6.35. The first-order valence-corrected chi connectivity index (χ1v) is 12.0. The van der Waals surface area contributed by atoms with Gasteiger partial charge in [-0.05, 0) is 55.7 Å². The summed E-state index contributed by atoms with van der Waals surface area (Å²) in [7, 11) is 0. The molecule has 3 aliphatic rings. The Balaban J connectivity index is 1.42. The highest BCUT2D eigenvalue weighted by atomic mass is 35.5. The van der Waals surface area contributed by atoms with E-state index in [0.29, 0.717) is 35.3 Å². The van der Waals surface area contributed by atoms with Crippen LogP contribution in [0.15, 0.2) is 18.2 Å². The number of hydrogen-bond acceptors (Lipinski definition) is 5. The number of nitrogens with zero attached hydrogens (tertiary/aromatic N) is 2. The zero-order valence-corrected chi connectivity index (χ0v) is 19.6. The van der Waals surface area contributed by atoms with Crippen molar-refractivity contribution >= 4 is 40.9 Å². The standard InChI is InChI=1S/C23H26Cl2N4O4/c24-15-4-5-19(18(25)9-15)33-12-20(30)29-11-14-2-1-3-17(14)21(29)23(32)28-16(10-26)8-13-6-7-27-22(13)31/h4-5,9,13-14,16-17,21H,1-3,6-8,11-12H2,(H,27,31)(H,28,32)/t13-,14-,16-,17?,21-/m0/s1. The van der Waals surface area contributed by atoms with E-state index < -0.39 is 12.1 Å². The molecular formula is C23H26Cl2N4O4. The van der Waals surface area contributed by atoms with Gasteiger partial charge in [-0.3, -0.25) is 14.4 Å². The minimum absolute atomic E-state index is 0.0576. The second kappa shape index (κ2) is 10.2. The maximum absolute atomic E-state index is 13.3. The molecule has 5 atom stereocenters. The quantitative estimate of drug-likeness (QED) is 0.607. The molecule has 1 saturated carbocycles. The highest BCUT2D eigenvalue weighted by Crippen LogP contribution is 2.42. The smallest absolute Gasteiger partial charge is 0.261 e. The van der Waals surface area contributed by atoms with E-state index >= 15 is 0 Å². The molecule has 0 radical (unpaired) electrons. The first-order chi connectivity index (χ1) is 15.9. The molecule has 10 heteroatoms. The Morgan fingerprint density at radius 3 is 2.82 bits per heavy atom. The van der Waals surface area contributed by atoms with Crippen LogP contribution in [-0.4, -0.2) is 54.4 Å². The van der Waals surface area contributed by atoms with Gasteiger partial charge in [0.05, 0.1) is 11.1 Å². The van der Waals surface area contributed by atoms with Gasteiger partial charge in [-0.1, -0.05) is 29.6 Å². The molecule has 4 rings (SSSR count). The average Bonchev–Trinajstić information content (AvgIpc) is 3.48. The molecule has 2 N–H and O–H groups in total. The van der Waals surface area contributed by atoms with Gasteiger partial charge in [-0.25, -0.2) is 0 Å². The van der Waals surface area contributed by atoms with Gasteiger partial charge in [0.1, 0.15) is 17.8 Å². The molecule has 2 saturated heterocycles. The van der Waals surface area contributed by atoms with Crippen molar-refractivity contribution in [2.45, 2.75) is 44.2 Å². The van der Waals surface area contributed by atoms with Gasteiger partial charge < -0.3 is 20.3 Å². The maximum Gasteiger partial charge on any atom is 0.261 e. The monoisotopic (exact) mass is 492 g/mol. The van der Waals surface area contributed by atoms with Crippen molar-refractivity contribution in [3.63, 3.8) is 0 Å². The Bertz CT molecular complexity index is 982. The van der Waals surface area contributed by atoms with Gasteiger partial charge in [-0.15, -0.1) is 0 Å². The normalized spacial score (nSPS) is 26.9. The molecule has 3 amide bonds. The van der Waals surface area contributed by atoms with Crippen molar-refractivity contribution in [2.24, 2.45) is 17.8 Å². The number of amides is 3. The van der Waals surface area contributed by atoms with Gasteiger partial charge in [0, 0.05) is 24.0 Å². The van der Waals surface area contributed by atoms with Crippen molar-refractivity contribution in [3.8, 4) is 11.8 Å². The fourth-order valence-corrected chi connectivity index (χ4v) is 5.73. The van der Waals surface area contributed by atoms with Gasteiger partial charge in [-0.2, -0.15) is 5.26 Å². The van der Waals surface area contributed by atoms with Crippen LogP contribution in [0, 0.1) is 29.1 Å². The lowest BCUT2D eigenvalue weighted by Gasteiger charge is -2.28. The van der Waals surface area contributed by atoms with E-state index in [4.69, 9.17) is 27.9 Å². The van der Waals surface area contributed by atoms with Crippen molar-refractivity contribution < 1.29 is 19.1 Å². The zero-order valence-electron chi connectivity index (χ0n) is 18.1. The van der Waals surface area contributed by atoms with E-state index in [9.17, 15) is 19.6 Å². The molecule has 3 fully saturated rings. The SMILES string of the molecule is N#C[C@H](C[C@@H]1CCNC1=O)NC(=O)[C@@H]1C2CCC[C@H]2CN1C(=O)COc1ccc(Cl)cc1Cl. The Labute approximate surface area is 202 Å². The molecule has 1 unspecified atom stereocenters. The lowest BCUT2D eigenvalue weighted by molar-refractivity contribution is -0.141. The van der Waals surface area contributed by atoms with E-state index in [1.165, 1.54) is 6.07 Å². The number of carbonyl (C=O) groups excluding carboxylic acids is 3. The minimum Gasteiger partial charge on any atom is -0.482 e. The van der Waals surface area contributed by atoms with Crippen LogP contribution in [0.2, 0.25) is 10.0 Å². The Kier molecular flexibility index (Phi) is 7.30. The predicted octanol–water partition coefficient (Wildman–Crippen LogP) is 2.53. The Hall–Kier alpha value is -2.50. The summed E-state index contributed by atoms with van der Waals surface area (Å²) >= 11 is 12.0. The van der Waals surface area contributed by atoms with Crippen LogP contribution in [0.1, 0.15) is 32.1 Å². The van der Waals surface area contributed by atoms with Crippen LogP contribution in [0.4, 0.5) is 0 Å². The molecular weight excluding hydrogens is 467 g/mol. The van der Waals surface area contributed by atoms with Crippen LogP contribution in [0.3, 0.4) is 0 Å². The van der Waals surface area contributed by atoms with Crippen molar-refractivity contribution in [2.75, 3.05) is 19.7 Å². The van der Waals surface area contributed by atoms with Gasteiger partial charge >= 0.3 is 0 Å². The number of halogens is 2. The number of nitrogens with one attached hydrogen (secondary N) is 2. The third-order valence-electron chi connectivity index (χ3n) is 6.88. The van der Waals surface area contributed by atoms with Crippen LogP contribution >= 0.6 is 23.2 Å². The molecule has 0 spiro atoms. The second-order valence-corrected chi connectivity index (χ2v) is 9.76. The summed E-state index contributed by atoms with van der Waals surface area (Å²) in [5.41, 5.74) is 0. The number of ether oxygens (including phenoxy) is 1. The predicted molar refractivity (Wildman–Crippen MR) is 122 cm³/mol. The molecule has 0 bridgehead atoms. The van der Waals surface area contributed by atoms with E-state index in [2.05, 4.69) is 16.7 Å². The van der Waals surface area contributed by atoms with Crippen molar-refractivity contribution in [1.29, 1.82) is 5.26 Å². The zero-order chi connectivity index (χ0) is 23.5. The third kappa shape index (κ3) is 5.20. The second-order valence-electron chi connectivity index (χ2n) is 8.91. The highest BCUT2D eigenvalue weighted by Gasteiger charge is 2.49. The maximum atomic E-state index is 13.3. The van der Waals surface area contributed by atoms with Crippen LogP contribution < -0.4 is 15.4 Å². The number of nitriles is 1. The Morgan fingerprint density at radius 2 is 2.12 bits per heavy atom. The Morgan fingerprint density at radius 1 is 1.30 bits per heavy atom.